The van der Waals surface area contributed by atoms with Gasteiger partial charge < -0.3 is 15.0 Å². The number of aliphatic hydroxyl groups is 1. The molecule has 0 aliphatic heterocycles. The van der Waals surface area contributed by atoms with Crippen LogP contribution in [0.2, 0.25) is 0 Å². The first kappa shape index (κ1) is 10.7. The fourth-order valence-electron chi connectivity index (χ4n) is 2.32. The minimum Gasteiger partial charge on any atom is -0.393 e. The van der Waals surface area contributed by atoms with Gasteiger partial charge >= 0.3 is 0 Å². The molecule has 1 fully saturated rings. The predicted molar refractivity (Wildman–Crippen MR) is 60.5 cm³/mol. The number of aliphatic hydroxyl groups excluding tert-OH is 1. The van der Waals surface area contributed by atoms with Crippen LogP contribution in [-0.4, -0.2) is 22.3 Å². The second-order valence-corrected chi connectivity index (χ2v) is 4.57. The number of rotatable bonds is 4. The molecule has 1 aromatic heterocycles. The lowest BCUT2D eigenvalue weighted by atomic mass is 10.1. The molecule has 0 saturated heterocycles. The molecule has 0 radical (unpaired) electrons. The zero-order valence-corrected chi connectivity index (χ0v) is 9.32. The molecule has 1 aliphatic carbocycles. The maximum atomic E-state index is 9.65. The Kier molecular flexibility index (Phi) is 3.44. The second-order valence-electron chi connectivity index (χ2n) is 4.57. The molecule has 1 aliphatic rings. The van der Waals surface area contributed by atoms with Crippen molar-refractivity contribution < 1.29 is 5.11 Å². The minimum absolute atomic E-state index is 0.0757. The molecule has 0 aromatic carbocycles. The van der Waals surface area contributed by atoms with Crippen LogP contribution in [0.25, 0.3) is 0 Å². The molecule has 3 nitrogen and oxygen atoms in total. The number of aromatic nitrogens is 1. The van der Waals surface area contributed by atoms with Crippen molar-refractivity contribution in [1.82, 2.24) is 9.88 Å². The molecule has 2 unspecified atom stereocenters. The normalized spacial score (nSPS) is 26.0. The van der Waals surface area contributed by atoms with Gasteiger partial charge in [-0.2, -0.15) is 0 Å². The number of hydrogen-bond donors (Lipinski definition) is 2. The van der Waals surface area contributed by atoms with Crippen molar-refractivity contribution in [2.75, 3.05) is 6.54 Å². The van der Waals surface area contributed by atoms with Crippen LogP contribution in [0.15, 0.2) is 18.5 Å². The van der Waals surface area contributed by atoms with Gasteiger partial charge in [0.05, 0.1) is 6.10 Å². The van der Waals surface area contributed by atoms with E-state index in [-0.39, 0.29) is 6.10 Å². The van der Waals surface area contributed by atoms with Gasteiger partial charge in [0.25, 0.3) is 0 Å². The molecule has 1 aromatic rings. The number of aryl methyl sites for hydroxylation is 1. The third-order valence-corrected chi connectivity index (χ3v) is 3.25. The van der Waals surface area contributed by atoms with Crippen molar-refractivity contribution in [1.29, 1.82) is 0 Å². The monoisotopic (exact) mass is 208 g/mol. The van der Waals surface area contributed by atoms with Crippen LogP contribution in [0, 0.1) is 5.92 Å². The average molecular weight is 208 g/mol. The smallest absolute Gasteiger partial charge is 0.0580 e. The molecule has 0 bridgehead atoms. The van der Waals surface area contributed by atoms with Crippen molar-refractivity contribution in [2.45, 2.75) is 31.9 Å². The maximum absolute atomic E-state index is 9.65. The maximum Gasteiger partial charge on any atom is 0.0580 e. The Morgan fingerprint density at radius 3 is 3.00 bits per heavy atom. The van der Waals surface area contributed by atoms with Crippen molar-refractivity contribution in [2.24, 2.45) is 13.0 Å². The van der Waals surface area contributed by atoms with Gasteiger partial charge in [-0.3, -0.25) is 0 Å². The van der Waals surface area contributed by atoms with Gasteiger partial charge in [-0.15, -0.1) is 0 Å². The van der Waals surface area contributed by atoms with E-state index in [0.717, 1.165) is 19.5 Å². The molecular weight excluding hydrogens is 188 g/mol. The first-order valence-electron chi connectivity index (χ1n) is 5.75. The summed E-state index contributed by atoms with van der Waals surface area (Å²) in [6.45, 7) is 1.85. The highest BCUT2D eigenvalue weighted by molar-refractivity contribution is 5.09. The van der Waals surface area contributed by atoms with E-state index < -0.39 is 0 Å². The molecule has 2 atom stereocenters. The van der Waals surface area contributed by atoms with Crippen LogP contribution >= 0.6 is 0 Å². The van der Waals surface area contributed by atoms with Crippen LogP contribution in [0.5, 0.6) is 0 Å². The van der Waals surface area contributed by atoms with Crippen molar-refractivity contribution in [3.8, 4) is 0 Å². The molecule has 2 N–H and O–H groups in total. The first-order valence-corrected chi connectivity index (χ1v) is 5.75. The predicted octanol–water partition coefficient (Wildman–Crippen LogP) is 1.28. The Hall–Kier alpha value is -0.800. The Labute approximate surface area is 91.1 Å². The zero-order chi connectivity index (χ0) is 10.7. The van der Waals surface area contributed by atoms with Gasteiger partial charge in [0.1, 0.15) is 0 Å². The Morgan fingerprint density at radius 1 is 1.53 bits per heavy atom. The molecule has 84 valence electrons. The summed E-state index contributed by atoms with van der Waals surface area (Å²) in [5.41, 5.74) is 1.31. The SMILES string of the molecule is Cn1ccc(CNCC2CCCC2O)c1. The third kappa shape index (κ3) is 2.83. The topological polar surface area (TPSA) is 37.2 Å². The first-order chi connectivity index (χ1) is 7.25. The van der Waals surface area contributed by atoms with Crippen LogP contribution in [0.1, 0.15) is 24.8 Å². The highest BCUT2D eigenvalue weighted by Gasteiger charge is 2.24. The van der Waals surface area contributed by atoms with Gasteiger partial charge in [-0.05, 0) is 30.4 Å². The lowest BCUT2D eigenvalue weighted by Gasteiger charge is -2.14. The third-order valence-electron chi connectivity index (χ3n) is 3.25. The highest BCUT2D eigenvalue weighted by atomic mass is 16.3. The van der Waals surface area contributed by atoms with Gasteiger partial charge in [-0.25, -0.2) is 0 Å². The van der Waals surface area contributed by atoms with Gasteiger partial charge in [0.2, 0.25) is 0 Å². The minimum atomic E-state index is -0.0757. The Balaban J connectivity index is 1.70. The van der Waals surface area contributed by atoms with E-state index in [2.05, 4.69) is 28.3 Å². The van der Waals surface area contributed by atoms with E-state index in [4.69, 9.17) is 0 Å². The summed E-state index contributed by atoms with van der Waals surface area (Å²) >= 11 is 0. The van der Waals surface area contributed by atoms with E-state index in [1.54, 1.807) is 0 Å². The van der Waals surface area contributed by atoms with E-state index in [9.17, 15) is 5.11 Å². The fourth-order valence-corrected chi connectivity index (χ4v) is 2.32. The molecule has 0 amide bonds. The Bertz CT molecular complexity index is 308. The molecule has 1 heterocycles. The summed E-state index contributed by atoms with van der Waals surface area (Å²) in [7, 11) is 2.03. The van der Waals surface area contributed by atoms with Crippen molar-refractivity contribution in [3.63, 3.8) is 0 Å². The number of hydrogen-bond acceptors (Lipinski definition) is 2. The van der Waals surface area contributed by atoms with E-state index in [1.807, 2.05) is 7.05 Å². The molecule has 1 saturated carbocycles. The summed E-state index contributed by atoms with van der Waals surface area (Å²) in [4.78, 5) is 0. The lowest BCUT2D eigenvalue weighted by molar-refractivity contribution is 0.131. The Morgan fingerprint density at radius 2 is 2.40 bits per heavy atom. The lowest BCUT2D eigenvalue weighted by Crippen LogP contribution is -2.27. The zero-order valence-electron chi connectivity index (χ0n) is 9.32. The van der Waals surface area contributed by atoms with E-state index >= 15 is 0 Å². The second kappa shape index (κ2) is 4.81. The van der Waals surface area contributed by atoms with E-state index in [0.29, 0.717) is 5.92 Å². The molecule has 15 heavy (non-hydrogen) atoms. The molecular formula is C12H20N2O. The number of nitrogens with zero attached hydrogens (tertiary/aromatic N) is 1. The summed E-state index contributed by atoms with van der Waals surface area (Å²) in [5.74, 6) is 0.466. The van der Waals surface area contributed by atoms with Crippen molar-refractivity contribution in [3.05, 3.63) is 24.0 Å². The molecule has 3 heteroatoms. The van der Waals surface area contributed by atoms with Crippen LogP contribution < -0.4 is 5.32 Å². The summed E-state index contributed by atoms with van der Waals surface area (Å²) in [6, 6.07) is 2.12. The number of nitrogens with one attached hydrogen (secondary N) is 1. The van der Waals surface area contributed by atoms with Crippen LogP contribution in [0.3, 0.4) is 0 Å². The highest BCUT2D eigenvalue weighted by Crippen LogP contribution is 2.24. The summed E-state index contributed by atoms with van der Waals surface area (Å²) in [6.07, 6.45) is 7.44. The summed E-state index contributed by atoms with van der Waals surface area (Å²) in [5, 5.41) is 13.1. The standard InChI is InChI=1S/C12H20N2O/c1-14-6-5-10(9-14)7-13-8-11-3-2-4-12(11)15/h5-6,9,11-13,15H,2-4,7-8H2,1H3. The van der Waals surface area contributed by atoms with Gasteiger partial charge in [0.15, 0.2) is 0 Å². The molecule has 0 spiro atoms. The quantitative estimate of drug-likeness (QED) is 0.782. The van der Waals surface area contributed by atoms with E-state index in [1.165, 1.54) is 18.4 Å². The molecule has 2 rings (SSSR count). The van der Waals surface area contributed by atoms with Gasteiger partial charge in [0, 0.05) is 32.5 Å². The van der Waals surface area contributed by atoms with Gasteiger partial charge in [-0.1, -0.05) is 6.42 Å². The largest absolute Gasteiger partial charge is 0.393 e. The fraction of sp³-hybridized carbons (Fsp3) is 0.667. The average Bonchev–Trinajstić information content (AvgIpc) is 2.77. The van der Waals surface area contributed by atoms with Crippen molar-refractivity contribution >= 4 is 0 Å². The van der Waals surface area contributed by atoms with Crippen LogP contribution in [0.4, 0.5) is 0 Å². The summed E-state index contributed by atoms with van der Waals surface area (Å²) < 4.78 is 2.06. The van der Waals surface area contributed by atoms with Crippen LogP contribution in [-0.2, 0) is 13.6 Å².